The lowest BCUT2D eigenvalue weighted by atomic mass is 9.93. The van der Waals surface area contributed by atoms with E-state index < -0.39 is 0 Å². The summed E-state index contributed by atoms with van der Waals surface area (Å²) in [6.45, 7) is 24.7. The first kappa shape index (κ1) is 36.5. The molecule has 1 N–H and O–H groups in total. The van der Waals surface area contributed by atoms with Crippen LogP contribution in [0.4, 0.5) is 0 Å². The molecular formula is C31H63NO. The van der Waals surface area contributed by atoms with Gasteiger partial charge >= 0.3 is 0 Å². The van der Waals surface area contributed by atoms with Gasteiger partial charge in [0.25, 0.3) is 0 Å². The molecule has 2 nitrogen and oxygen atoms in total. The highest BCUT2D eigenvalue weighted by Gasteiger charge is 2.08. The van der Waals surface area contributed by atoms with Crippen LogP contribution in [0.25, 0.3) is 0 Å². The fourth-order valence-corrected chi connectivity index (χ4v) is 2.84. The van der Waals surface area contributed by atoms with E-state index in [1.165, 1.54) is 63.4 Å². The number of benzene rings is 1. The van der Waals surface area contributed by atoms with Crippen molar-refractivity contribution in [2.75, 3.05) is 13.2 Å². The molecule has 1 aromatic carbocycles. The normalized spacial score (nSPS) is 11.6. The molecule has 0 saturated heterocycles. The highest BCUT2D eigenvalue weighted by atomic mass is 16.5. The van der Waals surface area contributed by atoms with Crippen molar-refractivity contribution in [2.24, 2.45) is 11.8 Å². The van der Waals surface area contributed by atoms with Gasteiger partial charge in [-0.1, -0.05) is 133 Å². The average Bonchev–Trinajstić information content (AvgIpc) is 2.86. The van der Waals surface area contributed by atoms with Crippen LogP contribution in [0, 0.1) is 11.8 Å². The summed E-state index contributed by atoms with van der Waals surface area (Å²) in [5.74, 6) is 2.67. The summed E-state index contributed by atoms with van der Waals surface area (Å²) >= 11 is 0. The third kappa shape index (κ3) is 27.1. The van der Waals surface area contributed by atoms with Crippen molar-refractivity contribution >= 4 is 0 Å². The molecule has 1 aromatic rings. The molecule has 2 heteroatoms. The smallest absolute Gasteiger partial charge is 0.119 e. The molecular weight excluding hydrogens is 402 g/mol. The van der Waals surface area contributed by atoms with Gasteiger partial charge in [0.1, 0.15) is 5.75 Å². The van der Waals surface area contributed by atoms with Gasteiger partial charge in [-0.2, -0.15) is 0 Å². The molecule has 0 fully saturated rings. The molecule has 198 valence electrons. The maximum Gasteiger partial charge on any atom is 0.119 e. The molecule has 0 saturated carbocycles. The van der Waals surface area contributed by atoms with Gasteiger partial charge in [0.2, 0.25) is 0 Å². The summed E-state index contributed by atoms with van der Waals surface area (Å²) < 4.78 is 5.77. The summed E-state index contributed by atoms with van der Waals surface area (Å²) in [5.41, 5.74) is 1.34. The van der Waals surface area contributed by atoms with Gasteiger partial charge < -0.3 is 10.1 Å². The second-order valence-corrected chi connectivity index (χ2v) is 8.90. The molecule has 0 amide bonds. The van der Waals surface area contributed by atoms with Gasteiger partial charge in [-0.3, -0.25) is 0 Å². The van der Waals surface area contributed by atoms with Crippen molar-refractivity contribution < 1.29 is 4.74 Å². The highest BCUT2D eigenvalue weighted by Crippen LogP contribution is 2.17. The monoisotopic (exact) mass is 465 g/mol. The molecule has 2 unspecified atom stereocenters. The first-order valence-electron chi connectivity index (χ1n) is 14.4. The number of rotatable bonds is 15. The number of hydrogen-bond acceptors (Lipinski definition) is 2. The van der Waals surface area contributed by atoms with E-state index in [4.69, 9.17) is 4.74 Å². The Hall–Kier alpha value is -1.02. The quantitative estimate of drug-likeness (QED) is 0.260. The molecule has 0 aliphatic heterocycles. The van der Waals surface area contributed by atoms with Crippen molar-refractivity contribution in [1.29, 1.82) is 0 Å². The van der Waals surface area contributed by atoms with Crippen molar-refractivity contribution in [1.82, 2.24) is 5.32 Å². The van der Waals surface area contributed by atoms with Crippen LogP contribution in [0.1, 0.15) is 139 Å². The van der Waals surface area contributed by atoms with Crippen molar-refractivity contribution in [3.63, 3.8) is 0 Å². The lowest BCUT2D eigenvalue weighted by Gasteiger charge is -2.18. The molecule has 2 atom stereocenters. The van der Waals surface area contributed by atoms with E-state index >= 15 is 0 Å². The van der Waals surface area contributed by atoms with Crippen LogP contribution in [0.5, 0.6) is 5.75 Å². The predicted molar refractivity (Wildman–Crippen MR) is 154 cm³/mol. The van der Waals surface area contributed by atoms with E-state index in [0.29, 0.717) is 0 Å². The Kier molecular flexibility index (Phi) is 34.3. The zero-order valence-electron chi connectivity index (χ0n) is 24.6. The van der Waals surface area contributed by atoms with Gasteiger partial charge in [-0.05, 0) is 48.9 Å². The molecule has 0 bridgehead atoms. The minimum absolute atomic E-state index is 0.806. The van der Waals surface area contributed by atoms with Crippen molar-refractivity contribution in [3.05, 3.63) is 29.8 Å². The third-order valence-electron chi connectivity index (χ3n) is 5.54. The van der Waals surface area contributed by atoms with E-state index in [0.717, 1.165) is 43.7 Å². The zero-order chi connectivity index (χ0) is 25.7. The van der Waals surface area contributed by atoms with Crippen LogP contribution in [-0.4, -0.2) is 13.2 Å². The molecule has 0 aliphatic carbocycles. The maximum absolute atomic E-state index is 5.77. The van der Waals surface area contributed by atoms with Crippen molar-refractivity contribution in [2.45, 2.75) is 140 Å². The van der Waals surface area contributed by atoms with Crippen LogP contribution < -0.4 is 10.1 Å². The lowest BCUT2D eigenvalue weighted by molar-refractivity contribution is 0.306. The van der Waals surface area contributed by atoms with Crippen LogP contribution in [-0.2, 0) is 6.54 Å². The van der Waals surface area contributed by atoms with Crippen LogP contribution >= 0.6 is 0 Å². The Balaban J connectivity index is -0.000000861. The molecule has 0 heterocycles. The minimum Gasteiger partial charge on any atom is -0.494 e. The van der Waals surface area contributed by atoms with Gasteiger partial charge in [-0.15, -0.1) is 0 Å². The standard InChI is InChI=1S/C22H39NO.C4H10.C3H8.C2H6/c1-5-8-9-16-24-22-14-12-21(13-15-22)18-23-17-20(7-3)11-10-19(4)6-2;1-3-4-2;1-3-2;1-2/h12-15,19-20,23H,5-11,16-18H2,1-4H3;3-4H2,1-2H3;3H2,1-2H3;1-2H3. The SMILES string of the molecule is CC.CCC.CCCC.CCCCCOc1ccc(CNCC(CC)CCC(C)CC)cc1. The third-order valence-corrected chi connectivity index (χ3v) is 5.54. The number of hydrogen-bond donors (Lipinski definition) is 1. The van der Waals surface area contributed by atoms with Crippen LogP contribution in [0.15, 0.2) is 24.3 Å². The number of ether oxygens (including phenoxy) is 1. The highest BCUT2D eigenvalue weighted by molar-refractivity contribution is 5.27. The fraction of sp³-hybridized carbons (Fsp3) is 0.806. The van der Waals surface area contributed by atoms with E-state index in [9.17, 15) is 0 Å². The summed E-state index contributed by atoms with van der Waals surface area (Å²) in [7, 11) is 0. The van der Waals surface area contributed by atoms with Gasteiger partial charge in [0.15, 0.2) is 0 Å². The second-order valence-electron chi connectivity index (χ2n) is 8.90. The van der Waals surface area contributed by atoms with E-state index in [1.807, 2.05) is 13.8 Å². The molecule has 33 heavy (non-hydrogen) atoms. The van der Waals surface area contributed by atoms with Crippen LogP contribution in [0.2, 0.25) is 0 Å². The summed E-state index contributed by atoms with van der Waals surface area (Å²) in [6.07, 6.45) is 12.8. The summed E-state index contributed by atoms with van der Waals surface area (Å²) in [4.78, 5) is 0. The first-order chi connectivity index (χ1) is 16.0. The Bertz CT molecular complexity index is 441. The molecule has 1 rings (SSSR count). The molecule has 0 aromatic heterocycles. The fourth-order valence-electron chi connectivity index (χ4n) is 2.84. The predicted octanol–water partition coefficient (Wildman–Crippen LogP) is 10.4. The second kappa shape index (κ2) is 31.0. The van der Waals surface area contributed by atoms with E-state index in [1.54, 1.807) is 0 Å². The van der Waals surface area contributed by atoms with Crippen LogP contribution in [0.3, 0.4) is 0 Å². The summed E-state index contributed by atoms with van der Waals surface area (Å²) in [5, 5.41) is 3.63. The number of nitrogens with one attached hydrogen (secondary N) is 1. The van der Waals surface area contributed by atoms with Crippen molar-refractivity contribution in [3.8, 4) is 5.75 Å². The largest absolute Gasteiger partial charge is 0.494 e. The van der Waals surface area contributed by atoms with E-state index in [-0.39, 0.29) is 0 Å². The number of unbranched alkanes of at least 4 members (excludes halogenated alkanes) is 3. The van der Waals surface area contributed by atoms with Gasteiger partial charge in [0.05, 0.1) is 6.61 Å². The zero-order valence-corrected chi connectivity index (χ0v) is 24.6. The Morgan fingerprint density at radius 3 is 1.79 bits per heavy atom. The van der Waals surface area contributed by atoms with E-state index in [2.05, 4.69) is 85.0 Å². The van der Waals surface area contributed by atoms with Gasteiger partial charge in [-0.25, -0.2) is 0 Å². The average molecular weight is 466 g/mol. The molecule has 0 spiro atoms. The first-order valence-corrected chi connectivity index (χ1v) is 14.4. The Labute approximate surface area is 210 Å². The van der Waals surface area contributed by atoms with Gasteiger partial charge in [0, 0.05) is 6.54 Å². The molecule has 0 aliphatic rings. The maximum atomic E-state index is 5.77. The minimum atomic E-state index is 0.806. The Morgan fingerprint density at radius 1 is 0.758 bits per heavy atom. The Morgan fingerprint density at radius 2 is 1.33 bits per heavy atom. The summed E-state index contributed by atoms with van der Waals surface area (Å²) in [6, 6.07) is 8.57. The lowest BCUT2D eigenvalue weighted by Crippen LogP contribution is -2.22. The topological polar surface area (TPSA) is 21.3 Å². The molecule has 0 radical (unpaired) electrons.